The number of sulfonamides is 1. The van der Waals surface area contributed by atoms with Crippen LogP contribution in [-0.4, -0.2) is 26.8 Å². The molecule has 0 aliphatic rings. The van der Waals surface area contributed by atoms with Crippen molar-refractivity contribution in [3.05, 3.63) is 54.1 Å². The molecule has 5 nitrogen and oxygen atoms in total. The number of aromatic hydroxyl groups is 1. The zero-order chi connectivity index (χ0) is 14.6. The summed E-state index contributed by atoms with van der Waals surface area (Å²) in [5.41, 5.74) is 0.675. The molecule has 0 saturated carbocycles. The Labute approximate surface area is 117 Å². The highest BCUT2D eigenvalue weighted by molar-refractivity contribution is 7.90. The highest BCUT2D eigenvalue weighted by atomic mass is 32.2. The molecule has 20 heavy (non-hydrogen) atoms. The summed E-state index contributed by atoms with van der Waals surface area (Å²) < 4.78 is 32.8. The summed E-state index contributed by atoms with van der Waals surface area (Å²) in [6.07, 6.45) is 1.27. The topological polar surface area (TPSA) is 76.0 Å². The van der Waals surface area contributed by atoms with Gasteiger partial charge in [0, 0.05) is 12.3 Å². The maximum atomic E-state index is 12.1. The summed E-state index contributed by atoms with van der Waals surface area (Å²) in [5, 5.41) is 9.33. The molecule has 2 aromatic rings. The molecule has 2 rings (SSSR count). The lowest BCUT2D eigenvalue weighted by Gasteiger charge is -2.06. The lowest BCUT2D eigenvalue weighted by molar-refractivity contribution is 0.396. The fourth-order valence-electron chi connectivity index (χ4n) is 1.60. The third-order valence-corrected chi connectivity index (χ3v) is 3.84. The standard InChI is InChI=1S/C14H13NO4S/c1-19-13-9-12(16)7-8-14(13)20(17,18)15-10-11-5-3-2-4-6-11/h2-10,16H,1H3/b15-10+. The molecule has 0 atom stereocenters. The molecule has 0 heterocycles. The normalized spacial score (nSPS) is 11.7. The SMILES string of the molecule is COc1cc(O)ccc1S(=O)(=O)/N=C/c1ccccc1. The Hall–Kier alpha value is -2.34. The van der Waals surface area contributed by atoms with Crippen molar-refractivity contribution >= 4 is 16.2 Å². The molecule has 0 amide bonds. The Morgan fingerprint density at radius 2 is 1.85 bits per heavy atom. The van der Waals surface area contributed by atoms with Crippen molar-refractivity contribution in [1.82, 2.24) is 0 Å². The third kappa shape index (κ3) is 3.16. The van der Waals surface area contributed by atoms with Crippen molar-refractivity contribution in [3.8, 4) is 11.5 Å². The first-order valence-corrected chi connectivity index (χ1v) is 7.19. The van der Waals surface area contributed by atoms with Crippen LogP contribution in [0.5, 0.6) is 11.5 Å². The van der Waals surface area contributed by atoms with Gasteiger partial charge in [-0.3, -0.25) is 0 Å². The number of ether oxygens (including phenoxy) is 1. The summed E-state index contributed by atoms with van der Waals surface area (Å²) in [4.78, 5) is -0.0926. The molecule has 0 unspecified atom stereocenters. The van der Waals surface area contributed by atoms with Gasteiger partial charge in [0.1, 0.15) is 16.4 Å². The lowest BCUT2D eigenvalue weighted by atomic mass is 10.2. The third-order valence-electron chi connectivity index (χ3n) is 2.57. The smallest absolute Gasteiger partial charge is 0.285 e. The van der Waals surface area contributed by atoms with E-state index in [0.717, 1.165) is 0 Å². The number of benzene rings is 2. The molecule has 0 saturated heterocycles. The molecule has 1 N–H and O–H groups in total. The van der Waals surface area contributed by atoms with Gasteiger partial charge in [0.05, 0.1) is 7.11 Å². The number of hydrogen-bond donors (Lipinski definition) is 1. The van der Waals surface area contributed by atoms with Crippen LogP contribution in [0, 0.1) is 0 Å². The van der Waals surface area contributed by atoms with Crippen molar-refractivity contribution in [2.24, 2.45) is 4.40 Å². The van der Waals surface area contributed by atoms with E-state index in [2.05, 4.69) is 4.40 Å². The molecule has 0 radical (unpaired) electrons. The van der Waals surface area contributed by atoms with Crippen molar-refractivity contribution in [2.45, 2.75) is 4.90 Å². The van der Waals surface area contributed by atoms with Crippen molar-refractivity contribution in [1.29, 1.82) is 0 Å². The summed E-state index contributed by atoms with van der Waals surface area (Å²) in [6.45, 7) is 0. The summed E-state index contributed by atoms with van der Waals surface area (Å²) in [6, 6.07) is 12.6. The van der Waals surface area contributed by atoms with Crippen LogP contribution in [0.3, 0.4) is 0 Å². The average molecular weight is 291 g/mol. The van der Waals surface area contributed by atoms with Crippen molar-refractivity contribution in [2.75, 3.05) is 7.11 Å². The predicted molar refractivity (Wildman–Crippen MR) is 75.9 cm³/mol. The van der Waals surface area contributed by atoms with Crippen molar-refractivity contribution < 1.29 is 18.3 Å². The second-order valence-corrected chi connectivity index (χ2v) is 5.56. The highest BCUT2D eigenvalue weighted by Crippen LogP contribution is 2.28. The van der Waals surface area contributed by atoms with Gasteiger partial charge in [0.15, 0.2) is 0 Å². The maximum absolute atomic E-state index is 12.1. The van der Waals surface area contributed by atoms with E-state index in [1.54, 1.807) is 24.3 Å². The summed E-state index contributed by atoms with van der Waals surface area (Å²) in [5.74, 6) is -0.0250. The molecular formula is C14H13NO4S. The van der Waals surface area contributed by atoms with Gasteiger partial charge in [0.2, 0.25) is 0 Å². The zero-order valence-electron chi connectivity index (χ0n) is 10.7. The van der Waals surface area contributed by atoms with Gasteiger partial charge in [-0.2, -0.15) is 12.8 Å². The number of hydrogen-bond acceptors (Lipinski definition) is 4. The van der Waals surface area contributed by atoms with E-state index in [0.29, 0.717) is 5.56 Å². The van der Waals surface area contributed by atoms with Crippen LogP contribution in [-0.2, 0) is 10.0 Å². The van der Waals surface area contributed by atoms with Gasteiger partial charge in [0.25, 0.3) is 10.0 Å². The van der Waals surface area contributed by atoms with E-state index in [9.17, 15) is 13.5 Å². The Bertz CT molecular complexity index is 724. The van der Waals surface area contributed by atoms with E-state index in [1.807, 2.05) is 6.07 Å². The molecule has 0 spiro atoms. The maximum Gasteiger partial charge on any atom is 0.285 e. The first-order valence-electron chi connectivity index (χ1n) is 5.75. The molecule has 0 aliphatic carbocycles. The highest BCUT2D eigenvalue weighted by Gasteiger charge is 2.18. The second kappa shape index (κ2) is 5.75. The van der Waals surface area contributed by atoms with Gasteiger partial charge in [-0.25, -0.2) is 0 Å². The Balaban J connectivity index is 2.39. The number of phenols is 1. The van der Waals surface area contributed by atoms with Crippen LogP contribution in [0.15, 0.2) is 57.8 Å². The van der Waals surface area contributed by atoms with E-state index in [4.69, 9.17) is 4.74 Å². The van der Waals surface area contributed by atoms with Crippen LogP contribution in [0.1, 0.15) is 5.56 Å². The van der Waals surface area contributed by atoms with Crippen LogP contribution in [0.2, 0.25) is 0 Å². The second-order valence-electron chi connectivity index (χ2n) is 3.96. The number of rotatable bonds is 4. The van der Waals surface area contributed by atoms with E-state index in [1.165, 1.54) is 31.5 Å². The molecule has 2 aromatic carbocycles. The van der Waals surface area contributed by atoms with Crippen LogP contribution >= 0.6 is 0 Å². The molecular weight excluding hydrogens is 278 g/mol. The minimum atomic E-state index is -3.88. The number of phenolic OH excluding ortho intramolecular Hbond substituents is 1. The lowest BCUT2D eigenvalue weighted by Crippen LogP contribution is -2.01. The molecule has 0 aliphatic heterocycles. The van der Waals surface area contributed by atoms with Gasteiger partial charge < -0.3 is 9.84 Å². The molecule has 0 fully saturated rings. The Morgan fingerprint density at radius 1 is 1.15 bits per heavy atom. The van der Waals surface area contributed by atoms with Gasteiger partial charge >= 0.3 is 0 Å². The number of methoxy groups -OCH3 is 1. The Kier molecular flexibility index (Phi) is 4.05. The van der Waals surface area contributed by atoms with E-state index in [-0.39, 0.29) is 16.4 Å². The molecule has 0 bridgehead atoms. The van der Waals surface area contributed by atoms with Gasteiger partial charge in [-0.1, -0.05) is 30.3 Å². The van der Waals surface area contributed by atoms with Crippen LogP contribution < -0.4 is 4.74 Å². The van der Waals surface area contributed by atoms with Crippen LogP contribution in [0.25, 0.3) is 0 Å². The van der Waals surface area contributed by atoms with E-state index >= 15 is 0 Å². The fourth-order valence-corrected chi connectivity index (χ4v) is 2.61. The van der Waals surface area contributed by atoms with Gasteiger partial charge in [-0.15, -0.1) is 0 Å². The summed E-state index contributed by atoms with van der Waals surface area (Å²) >= 11 is 0. The minimum Gasteiger partial charge on any atom is -0.508 e. The number of nitrogens with zero attached hydrogens (tertiary/aromatic N) is 1. The first-order chi connectivity index (χ1) is 9.53. The first kappa shape index (κ1) is 14.1. The van der Waals surface area contributed by atoms with E-state index < -0.39 is 10.0 Å². The van der Waals surface area contributed by atoms with Crippen LogP contribution in [0.4, 0.5) is 0 Å². The quantitative estimate of drug-likeness (QED) is 0.876. The summed E-state index contributed by atoms with van der Waals surface area (Å²) in [7, 11) is -2.56. The van der Waals surface area contributed by atoms with Crippen molar-refractivity contribution in [3.63, 3.8) is 0 Å². The predicted octanol–water partition coefficient (Wildman–Crippen LogP) is 2.21. The molecule has 0 aromatic heterocycles. The Morgan fingerprint density at radius 3 is 2.50 bits per heavy atom. The zero-order valence-corrected chi connectivity index (χ0v) is 11.5. The molecule has 6 heteroatoms. The monoisotopic (exact) mass is 291 g/mol. The average Bonchev–Trinajstić information content (AvgIpc) is 2.46. The molecule has 104 valence electrons. The largest absolute Gasteiger partial charge is 0.508 e. The van der Waals surface area contributed by atoms with Gasteiger partial charge in [-0.05, 0) is 17.7 Å². The minimum absolute atomic E-state index is 0.0511. The fraction of sp³-hybridized carbons (Fsp3) is 0.0714.